The lowest BCUT2D eigenvalue weighted by Crippen LogP contribution is -2.25. The molecule has 0 aromatic rings. The smallest absolute Gasteiger partial charge is 0.146 e. The van der Waals surface area contributed by atoms with Crippen molar-refractivity contribution in [2.75, 3.05) is 13.2 Å². The minimum absolute atomic E-state index is 0.0582. The zero-order valence-corrected chi connectivity index (χ0v) is 9.62. The summed E-state index contributed by atoms with van der Waals surface area (Å²) in [7, 11) is 0. The summed E-state index contributed by atoms with van der Waals surface area (Å²) in [4.78, 5) is 23.5. The van der Waals surface area contributed by atoms with Gasteiger partial charge in [-0.25, -0.2) is 0 Å². The minimum atomic E-state index is -0.363. The first-order chi connectivity index (χ1) is 7.20. The number of rotatable bonds is 8. The van der Waals surface area contributed by atoms with Crippen LogP contribution in [0.2, 0.25) is 0 Å². The van der Waals surface area contributed by atoms with Crippen molar-refractivity contribution in [3.63, 3.8) is 0 Å². The molecule has 1 unspecified atom stereocenters. The molecule has 0 spiro atoms. The lowest BCUT2D eigenvalue weighted by Gasteiger charge is -2.11. The van der Waals surface area contributed by atoms with Gasteiger partial charge in [-0.05, 0) is 26.2 Å². The number of ether oxygens (including phenoxy) is 1. The van der Waals surface area contributed by atoms with Crippen LogP contribution in [0.4, 0.5) is 0 Å². The van der Waals surface area contributed by atoms with Crippen LogP contribution in [0, 0.1) is 11.8 Å². The van der Waals surface area contributed by atoms with E-state index in [2.05, 4.69) is 0 Å². The van der Waals surface area contributed by atoms with E-state index >= 15 is 0 Å². The van der Waals surface area contributed by atoms with Gasteiger partial charge < -0.3 is 4.74 Å². The monoisotopic (exact) mass is 212 g/mol. The van der Waals surface area contributed by atoms with E-state index in [1.54, 1.807) is 0 Å². The fourth-order valence-corrected chi connectivity index (χ4v) is 1.73. The van der Waals surface area contributed by atoms with Gasteiger partial charge in [0.2, 0.25) is 0 Å². The number of Topliss-reactive ketones (excluding diaryl/α,β-unsaturated/α-hetero) is 2. The average molecular weight is 212 g/mol. The number of ketones is 2. The van der Waals surface area contributed by atoms with Crippen LogP contribution >= 0.6 is 0 Å². The van der Waals surface area contributed by atoms with Gasteiger partial charge in [-0.3, -0.25) is 9.59 Å². The van der Waals surface area contributed by atoms with Crippen LogP contribution in [0.5, 0.6) is 0 Å². The molecule has 1 aliphatic rings. The second kappa shape index (κ2) is 6.01. The first-order valence-electron chi connectivity index (χ1n) is 5.84. The summed E-state index contributed by atoms with van der Waals surface area (Å²) < 4.78 is 5.12. The zero-order chi connectivity index (χ0) is 11.3. The summed E-state index contributed by atoms with van der Waals surface area (Å²) >= 11 is 0. The predicted octanol–water partition coefficient (Wildman–Crippen LogP) is 1.99. The SMILES string of the molecule is CCOCCC(=O)C(CC)C(=O)C1CC1. The van der Waals surface area contributed by atoms with Gasteiger partial charge in [0, 0.05) is 18.9 Å². The highest BCUT2D eigenvalue weighted by Crippen LogP contribution is 2.33. The van der Waals surface area contributed by atoms with Gasteiger partial charge in [0.1, 0.15) is 11.6 Å². The third-order valence-corrected chi connectivity index (χ3v) is 2.82. The van der Waals surface area contributed by atoms with Gasteiger partial charge in [0.25, 0.3) is 0 Å². The van der Waals surface area contributed by atoms with Crippen LogP contribution in [0.25, 0.3) is 0 Å². The highest BCUT2D eigenvalue weighted by atomic mass is 16.5. The van der Waals surface area contributed by atoms with E-state index in [-0.39, 0.29) is 23.4 Å². The Morgan fingerprint density at radius 2 is 2.00 bits per heavy atom. The van der Waals surface area contributed by atoms with E-state index in [1.807, 2.05) is 13.8 Å². The Balaban J connectivity index is 2.35. The fraction of sp³-hybridized carbons (Fsp3) is 0.833. The van der Waals surface area contributed by atoms with Crippen molar-refractivity contribution >= 4 is 11.6 Å². The maximum absolute atomic E-state index is 11.7. The van der Waals surface area contributed by atoms with Crippen molar-refractivity contribution in [3.05, 3.63) is 0 Å². The second-order valence-electron chi connectivity index (χ2n) is 4.05. The molecule has 0 aromatic carbocycles. The Labute approximate surface area is 91.2 Å². The zero-order valence-electron chi connectivity index (χ0n) is 9.62. The fourth-order valence-electron chi connectivity index (χ4n) is 1.73. The first-order valence-corrected chi connectivity index (χ1v) is 5.84. The summed E-state index contributed by atoms with van der Waals surface area (Å²) in [6.07, 6.45) is 2.98. The largest absolute Gasteiger partial charge is 0.381 e. The third kappa shape index (κ3) is 3.74. The van der Waals surface area contributed by atoms with Crippen LogP contribution in [-0.4, -0.2) is 24.8 Å². The van der Waals surface area contributed by atoms with Crippen molar-refractivity contribution in [2.24, 2.45) is 11.8 Å². The molecule has 0 bridgehead atoms. The molecular weight excluding hydrogens is 192 g/mol. The molecule has 0 amide bonds. The number of hydrogen-bond acceptors (Lipinski definition) is 3. The van der Waals surface area contributed by atoms with Gasteiger partial charge in [0.05, 0.1) is 12.5 Å². The molecule has 1 atom stereocenters. The van der Waals surface area contributed by atoms with Gasteiger partial charge in [-0.15, -0.1) is 0 Å². The molecule has 1 aliphatic carbocycles. The summed E-state index contributed by atoms with van der Waals surface area (Å²) in [6, 6.07) is 0. The first kappa shape index (κ1) is 12.4. The Hall–Kier alpha value is -0.700. The third-order valence-electron chi connectivity index (χ3n) is 2.82. The Morgan fingerprint density at radius 1 is 1.33 bits per heavy atom. The van der Waals surface area contributed by atoms with Crippen LogP contribution in [0.1, 0.15) is 39.5 Å². The molecule has 1 fully saturated rings. The van der Waals surface area contributed by atoms with E-state index < -0.39 is 0 Å². The summed E-state index contributed by atoms with van der Waals surface area (Å²) in [5.74, 6) is 0.0470. The topological polar surface area (TPSA) is 43.4 Å². The summed E-state index contributed by atoms with van der Waals surface area (Å²) in [6.45, 7) is 4.88. The molecule has 1 saturated carbocycles. The lowest BCUT2D eigenvalue weighted by atomic mass is 9.92. The lowest BCUT2D eigenvalue weighted by molar-refractivity contribution is -0.134. The minimum Gasteiger partial charge on any atom is -0.381 e. The molecule has 0 saturated heterocycles. The molecule has 3 nitrogen and oxygen atoms in total. The highest BCUT2D eigenvalue weighted by molar-refractivity contribution is 6.04. The van der Waals surface area contributed by atoms with Crippen LogP contribution < -0.4 is 0 Å². The maximum Gasteiger partial charge on any atom is 0.146 e. The van der Waals surface area contributed by atoms with Crippen molar-refractivity contribution in [1.82, 2.24) is 0 Å². The maximum atomic E-state index is 11.7. The normalized spacial score (nSPS) is 17.5. The molecule has 0 heterocycles. The Kier molecular flexibility index (Phi) is 4.95. The second-order valence-corrected chi connectivity index (χ2v) is 4.05. The molecule has 15 heavy (non-hydrogen) atoms. The number of carbonyl (C=O) groups is 2. The molecule has 86 valence electrons. The van der Waals surface area contributed by atoms with Crippen molar-refractivity contribution in [1.29, 1.82) is 0 Å². The molecule has 1 rings (SSSR count). The van der Waals surface area contributed by atoms with Gasteiger partial charge in [-0.1, -0.05) is 6.92 Å². The molecule has 0 aliphatic heterocycles. The van der Waals surface area contributed by atoms with E-state index in [9.17, 15) is 9.59 Å². The van der Waals surface area contributed by atoms with Crippen molar-refractivity contribution < 1.29 is 14.3 Å². The van der Waals surface area contributed by atoms with Crippen LogP contribution in [0.3, 0.4) is 0 Å². The average Bonchev–Trinajstić information content (AvgIpc) is 3.02. The number of carbonyl (C=O) groups excluding carboxylic acids is 2. The molecule has 0 aromatic heterocycles. The van der Waals surface area contributed by atoms with Crippen LogP contribution in [0.15, 0.2) is 0 Å². The van der Waals surface area contributed by atoms with Crippen molar-refractivity contribution in [3.8, 4) is 0 Å². The van der Waals surface area contributed by atoms with Gasteiger partial charge >= 0.3 is 0 Å². The Morgan fingerprint density at radius 3 is 2.47 bits per heavy atom. The van der Waals surface area contributed by atoms with E-state index in [0.29, 0.717) is 26.1 Å². The molecule has 3 heteroatoms. The Bertz CT molecular complexity index is 231. The van der Waals surface area contributed by atoms with Gasteiger partial charge in [0.15, 0.2) is 0 Å². The molecule has 0 N–H and O–H groups in total. The van der Waals surface area contributed by atoms with Gasteiger partial charge in [-0.2, -0.15) is 0 Å². The quantitative estimate of drug-likeness (QED) is 0.456. The summed E-state index contributed by atoms with van der Waals surface area (Å²) in [5, 5.41) is 0. The predicted molar refractivity (Wildman–Crippen MR) is 57.6 cm³/mol. The van der Waals surface area contributed by atoms with E-state index in [4.69, 9.17) is 4.74 Å². The van der Waals surface area contributed by atoms with Crippen molar-refractivity contribution in [2.45, 2.75) is 39.5 Å². The summed E-state index contributed by atoms with van der Waals surface area (Å²) in [5.41, 5.74) is 0. The molecule has 0 radical (unpaired) electrons. The van der Waals surface area contributed by atoms with Crippen LogP contribution in [-0.2, 0) is 14.3 Å². The highest BCUT2D eigenvalue weighted by Gasteiger charge is 2.36. The van der Waals surface area contributed by atoms with E-state index in [1.165, 1.54) is 0 Å². The van der Waals surface area contributed by atoms with E-state index in [0.717, 1.165) is 12.8 Å². The molecular formula is C12H20O3. The number of hydrogen-bond donors (Lipinski definition) is 0. The standard InChI is InChI=1S/C12H20O3/c1-3-10(12(14)9-5-6-9)11(13)7-8-15-4-2/h9-10H,3-8H2,1-2H3.